The second-order valence-electron chi connectivity index (χ2n) is 11.7. The van der Waals surface area contributed by atoms with Crippen LogP contribution in [0, 0.1) is 0 Å². The van der Waals surface area contributed by atoms with Gasteiger partial charge >= 0.3 is 197 Å². The second-order valence-corrected chi connectivity index (χ2v) is 28.8. The van der Waals surface area contributed by atoms with Crippen LogP contribution in [-0.4, -0.2) is 61.7 Å². The minimum Gasteiger partial charge on any atom is -0.872 e. The van der Waals surface area contributed by atoms with E-state index in [2.05, 4.69) is 41.5 Å². The zero-order valence-electron chi connectivity index (χ0n) is 29.9. The zero-order valence-corrected chi connectivity index (χ0v) is 35.6. The van der Waals surface area contributed by atoms with Gasteiger partial charge in [-0.3, -0.25) is 0 Å². The Kier molecular flexibility index (Phi) is 34.0. The van der Waals surface area contributed by atoms with Gasteiger partial charge in [-0.1, -0.05) is 47.9 Å². The van der Waals surface area contributed by atoms with E-state index >= 15 is 0 Å². The van der Waals surface area contributed by atoms with E-state index in [1.165, 1.54) is 126 Å². The first-order chi connectivity index (χ1) is 22.1. The third-order valence-electron chi connectivity index (χ3n) is 7.54. The Hall–Kier alpha value is -1.42. The van der Waals surface area contributed by atoms with Crippen LogP contribution in [-0.2, 0) is 0 Å². The maximum absolute atomic E-state index is 10.7. The van der Waals surface area contributed by atoms with Crippen LogP contribution in [0.15, 0.2) is 48.5 Å². The summed E-state index contributed by atoms with van der Waals surface area (Å²) in [6.07, 6.45) is 17.7. The van der Waals surface area contributed by atoms with Gasteiger partial charge in [0.25, 0.3) is 0 Å². The van der Waals surface area contributed by atoms with Gasteiger partial charge in [0, 0.05) is 0 Å². The standard InChI is InChI=1S/2C7H6O3.6C4H9.2Sn/c2*8-6-4-2-1-3-5(6)7(9)10;6*1-3-4-2;;/h2*1-4,8H,(H,9,10);6*1,3-4H2,2H3;;/q;;;;;;;;2*+1/p-2. The smallest absolute Gasteiger partial charge is 0.335 e. The van der Waals surface area contributed by atoms with Crippen LogP contribution in [0.5, 0.6) is 11.5 Å². The summed E-state index contributed by atoms with van der Waals surface area (Å²) in [6, 6.07) is 11.1. The maximum Gasteiger partial charge on any atom is 0.335 e. The third-order valence-corrected chi connectivity index (χ3v) is 25.7. The van der Waals surface area contributed by atoms with Crippen molar-refractivity contribution in [3.05, 3.63) is 59.7 Å². The summed E-state index contributed by atoms with van der Waals surface area (Å²) < 4.78 is 10.1. The van der Waals surface area contributed by atoms with Crippen molar-refractivity contribution in [1.82, 2.24) is 0 Å². The molecule has 0 saturated carbocycles. The molecule has 0 aliphatic heterocycles. The normalized spacial score (nSPS) is 9.87. The van der Waals surface area contributed by atoms with Crippen molar-refractivity contribution in [2.45, 2.75) is 145 Å². The summed E-state index contributed by atoms with van der Waals surface area (Å²) in [4.78, 5) is 20.4. The van der Waals surface area contributed by atoms with Gasteiger partial charge in [0.1, 0.15) is 0 Å². The topological polar surface area (TPSA) is 121 Å². The van der Waals surface area contributed by atoms with Crippen molar-refractivity contribution in [1.29, 1.82) is 0 Å². The zero-order chi connectivity index (χ0) is 35.0. The van der Waals surface area contributed by atoms with Crippen LogP contribution in [0.2, 0.25) is 26.6 Å². The van der Waals surface area contributed by atoms with E-state index in [-0.39, 0.29) is 11.1 Å². The molecule has 2 N–H and O–H groups in total. The van der Waals surface area contributed by atoms with Gasteiger partial charge in [-0.2, -0.15) is 0 Å². The molecule has 0 unspecified atom stereocenters. The van der Waals surface area contributed by atoms with Crippen molar-refractivity contribution in [3.8, 4) is 11.5 Å². The summed E-state index contributed by atoms with van der Waals surface area (Å²) in [5.74, 6) is -3.25. The Morgan fingerprint density at radius 2 is 0.696 bits per heavy atom. The Morgan fingerprint density at radius 3 is 0.848 bits per heavy atom. The van der Waals surface area contributed by atoms with E-state index in [9.17, 15) is 19.8 Å². The van der Waals surface area contributed by atoms with Crippen molar-refractivity contribution in [2.24, 2.45) is 0 Å². The monoisotopic (exact) mass is 856 g/mol. The van der Waals surface area contributed by atoms with Gasteiger partial charge in [-0.15, -0.1) is 0 Å². The fourth-order valence-corrected chi connectivity index (χ4v) is 23.5. The van der Waals surface area contributed by atoms with Crippen LogP contribution in [0.25, 0.3) is 0 Å². The fourth-order valence-electron chi connectivity index (χ4n) is 4.60. The number of carboxylic acids is 2. The summed E-state index contributed by atoms with van der Waals surface area (Å²) >= 11 is -1.68. The number of hydrogen-bond donors (Lipinski definition) is 2. The molecule has 0 aromatic heterocycles. The Labute approximate surface area is 295 Å². The predicted octanol–water partition coefficient (Wildman–Crippen LogP) is 10.7. The molecule has 0 fully saturated rings. The SMILES string of the molecule is CCC[CH2][Sn+]([CH2]CCC)[CH2]CCC.CCC[CH2][Sn+]([CH2]CCC)[CH2]CCC.O=C(O)c1ccccc1[O-].O=C(O)c1ccccc1[O-]. The van der Waals surface area contributed by atoms with Gasteiger partial charge in [-0.25, -0.2) is 9.59 Å². The molecule has 0 bridgehead atoms. The Morgan fingerprint density at radius 1 is 0.478 bits per heavy atom. The number of benzene rings is 2. The van der Waals surface area contributed by atoms with E-state index in [0.717, 1.165) is 0 Å². The summed E-state index contributed by atoms with van der Waals surface area (Å²) in [5.41, 5.74) is -0.356. The third kappa shape index (κ3) is 26.6. The average Bonchev–Trinajstić information content (AvgIpc) is 3.05. The van der Waals surface area contributed by atoms with E-state index < -0.39 is 63.0 Å². The van der Waals surface area contributed by atoms with Crippen LogP contribution < -0.4 is 10.2 Å². The van der Waals surface area contributed by atoms with Crippen molar-refractivity contribution >= 4 is 51.5 Å². The summed E-state index contributed by atoms with van der Waals surface area (Å²) in [6.45, 7) is 14.0. The second kappa shape index (κ2) is 33.5. The molecule has 0 radical (unpaired) electrons. The number of aromatic carboxylic acids is 2. The van der Waals surface area contributed by atoms with Gasteiger partial charge in [0.05, 0.1) is 11.1 Å². The molecular formula is C38H64O6Sn2. The number of rotatable bonds is 20. The largest absolute Gasteiger partial charge is 0.872 e. The quantitative estimate of drug-likeness (QED) is 0.128. The summed E-state index contributed by atoms with van der Waals surface area (Å²) in [7, 11) is 0. The number of carboxylic acid groups (broad SMARTS) is 2. The minimum atomic E-state index is -1.18. The van der Waals surface area contributed by atoms with Crippen LogP contribution in [0.1, 0.15) is 139 Å². The average molecular weight is 854 g/mol. The number of para-hydroxylation sites is 2. The van der Waals surface area contributed by atoms with E-state index in [1.54, 1.807) is 26.6 Å². The van der Waals surface area contributed by atoms with E-state index in [4.69, 9.17) is 10.2 Å². The molecule has 6 nitrogen and oxygen atoms in total. The fraction of sp³-hybridized carbons (Fsp3) is 0.632. The van der Waals surface area contributed by atoms with Crippen LogP contribution in [0.3, 0.4) is 0 Å². The first-order valence-electron chi connectivity index (χ1n) is 17.8. The molecule has 2 aromatic rings. The molecule has 0 saturated heterocycles. The van der Waals surface area contributed by atoms with Crippen molar-refractivity contribution < 1.29 is 30.0 Å². The van der Waals surface area contributed by atoms with Gasteiger partial charge in [0.2, 0.25) is 0 Å². The van der Waals surface area contributed by atoms with Crippen LogP contribution in [0.4, 0.5) is 0 Å². The van der Waals surface area contributed by atoms with Gasteiger partial charge in [0.15, 0.2) is 0 Å². The van der Waals surface area contributed by atoms with Crippen molar-refractivity contribution in [2.75, 3.05) is 0 Å². The Bertz CT molecular complexity index is 883. The van der Waals surface area contributed by atoms with Crippen LogP contribution >= 0.6 is 0 Å². The first kappa shape index (κ1) is 46.7. The Balaban J connectivity index is 0. The van der Waals surface area contributed by atoms with Gasteiger partial charge < -0.3 is 20.4 Å². The number of carbonyl (C=O) groups is 2. The van der Waals surface area contributed by atoms with Crippen molar-refractivity contribution in [3.63, 3.8) is 0 Å². The molecule has 260 valence electrons. The molecule has 46 heavy (non-hydrogen) atoms. The molecule has 0 atom stereocenters. The molecule has 2 aromatic carbocycles. The molecule has 0 aliphatic rings. The molecule has 0 spiro atoms. The molecule has 0 aliphatic carbocycles. The summed E-state index contributed by atoms with van der Waals surface area (Å²) in [5, 5.41) is 38.1. The molecule has 2 rings (SSSR count). The predicted molar refractivity (Wildman–Crippen MR) is 195 cm³/mol. The molecule has 0 amide bonds. The van der Waals surface area contributed by atoms with E-state index in [0.29, 0.717) is 0 Å². The molecular weight excluding hydrogens is 790 g/mol. The molecule has 8 heteroatoms. The maximum atomic E-state index is 10.7. The number of unbranched alkanes of at least 4 members (excludes halogenated alkanes) is 6. The minimum absolute atomic E-state index is 0.178. The molecule has 0 heterocycles. The number of hydrogen-bond acceptors (Lipinski definition) is 4. The van der Waals surface area contributed by atoms with E-state index in [1.807, 2.05) is 0 Å². The van der Waals surface area contributed by atoms with Gasteiger partial charge in [-0.05, 0) is 12.1 Å². The first-order valence-corrected chi connectivity index (χ1v) is 29.9.